The molecule has 0 radical (unpaired) electrons. The predicted octanol–water partition coefficient (Wildman–Crippen LogP) is -3.18. The van der Waals surface area contributed by atoms with Crippen LogP contribution in [0, 0.1) is 18.3 Å². The Kier molecular flexibility index (Phi) is 10.6. The molecule has 0 aliphatic heterocycles. The maximum absolute atomic E-state index is 11.8. The molecule has 0 rings (SSSR count). The fraction of sp³-hybridized carbons (Fsp3) is 0.667. The molecule has 5 nitrogen and oxygen atoms in total. The first-order valence-electron chi connectivity index (χ1n) is 5.55. The second-order valence-electron chi connectivity index (χ2n) is 4.41. The number of nitrogens with zero attached hydrogens (tertiary/aromatic N) is 1. The second-order valence-corrected chi connectivity index (χ2v) is 4.41. The Morgan fingerprint density at radius 3 is 2.33 bits per heavy atom. The molecule has 1 atom stereocenters. The van der Waals surface area contributed by atoms with Crippen molar-refractivity contribution in [2.24, 2.45) is 5.92 Å². The minimum absolute atomic E-state index is 0. The summed E-state index contributed by atoms with van der Waals surface area (Å²) in [5.74, 6) is 1.34. The van der Waals surface area contributed by atoms with Crippen molar-refractivity contribution in [3.8, 4) is 12.3 Å². The van der Waals surface area contributed by atoms with E-state index in [2.05, 4.69) is 11.2 Å². The number of carbonyl (C=O) groups is 2. The van der Waals surface area contributed by atoms with Gasteiger partial charge in [-0.15, -0.1) is 12.3 Å². The summed E-state index contributed by atoms with van der Waals surface area (Å²) in [6.45, 7) is 5.53. The van der Waals surface area contributed by atoms with Crippen molar-refractivity contribution in [3.05, 3.63) is 0 Å². The molecule has 1 unspecified atom stereocenters. The van der Waals surface area contributed by atoms with Gasteiger partial charge in [0.15, 0.2) is 0 Å². The molecule has 0 aromatic heterocycles. The maximum Gasteiger partial charge on any atom is 1.00 e. The summed E-state index contributed by atoms with van der Waals surface area (Å²) in [6.07, 6.45) is 5.53. The maximum atomic E-state index is 11.8. The molecule has 6 heteroatoms. The summed E-state index contributed by atoms with van der Waals surface area (Å²) in [7, 11) is 0. The number of aliphatic carboxylic acids is 1. The molecule has 2 amide bonds. The third-order valence-corrected chi connectivity index (χ3v) is 1.99. The van der Waals surface area contributed by atoms with Crippen LogP contribution < -0.4 is 29.3 Å². The average Bonchev–Trinajstić information content (AvgIpc) is 2.15. The van der Waals surface area contributed by atoms with Gasteiger partial charge in [-0.3, -0.25) is 0 Å². The third kappa shape index (κ3) is 8.98. The van der Waals surface area contributed by atoms with Crippen molar-refractivity contribution < 1.29 is 33.6 Å². The molecular formula is C12H19LiN2O3. The van der Waals surface area contributed by atoms with Crippen molar-refractivity contribution >= 4 is 12.0 Å². The molecule has 1 N–H and O–H groups in total. The van der Waals surface area contributed by atoms with Crippen LogP contribution in [0.2, 0.25) is 0 Å². The van der Waals surface area contributed by atoms with Crippen molar-refractivity contribution in [1.82, 2.24) is 10.2 Å². The zero-order valence-corrected chi connectivity index (χ0v) is 11.5. The van der Waals surface area contributed by atoms with Gasteiger partial charge in [0.1, 0.15) is 0 Å². The minimum Gasteiger partial charge on any atom is -0.548 e. The second kappa shape index (κ2) is 9.88. The van der Waals surface area contributed by atoms with Crippen LogP contribution in [0.25, 0.3) is 0 Å². The Labute approximate surface area is 120 Å². The van der Waals surface area contributed by atoms with Gasteiger partial charge in [-0.2, -0.15) is 0 Å². The van der Waals surface area contributed by atoms with Crippen molar-refractivity contribution in [2.75, 3.05) is 13.1 Å². The van der Waals surface area contributed by atoms with Crippen molar-refractivity contribution in [2.45, 2.75) is 33.2 Å². The standard InChI is InChI=1S/C12H20N2O3.Li/c1-5-6-10(4)13-12(17)14(7-9(2)3)8-11(15)16;/h1,9-10H,6-8H2,2-4H3,(H,13,17)(H,15,16);/q;+1/p-1. The minimum atomic E-state index is -1.27. The Bertz CT molecular complexity index is 313. The number of amides is 2. The topological polar surface area (TPSA) is 72.5 Å². The van der Waals surface area contributed by atoms with E-state index in [9.17, 15) is 14.7 Å². The molecule has 0 fully saturated rings. The van der Waals surface area contributed by atoms with E-state index in [1.807, 2.05) is 13.8 Å². The quantitative estimate of drug-likeness (QED) is 0.397. The number of terminal acetylenes is 1. The summed E-state index contributed by atoms with van der Waals surface area (Å²) in [5, 5.41) is 13.2. The van der Waals surface area contributed by atoms with Crippen LogP contribution >= 0.6 is 0 Å². The molecule has 0 saturated heterocycles. The molecule has 0 spiro atoms. The first-order valence-corrected chi connectivity index (χ1v) is 5.55. The molecule has 0 aromatic rings. The SMILES string of the molecule is C#CCC(C)NC(=O)N(CC(=O)[O-])CC(C)C.[Li+]. The Hall–Kier alpha value is -1.10. The van der Waals surface area contributed by atoms with Gasteiger partial charge in [0.05, 0.1) is 12.5 Å². The monoisotopic (exact) mass is 246 g/mol. The Balaban J connectivity index is 0. The fourth-order valence-electron chi connectivity index (χ4n) is 1.35. The van der Waals surface area contributed by atoms with E-state index in [4.69, 9.17) is 6.42 Å². The summed E-state index contributed by atoms with van der Waals surface area (Å²) in [6, 6.07) is -0.602. The molecule has 0 bridgehead atoms. The molecule has 0 saturated carbocycles. The number of carbonyl (C=O) groups excluding carboxylic acids is 2. The first kappa shape index (κ1) is 19.2. The number of hydrogen-bond donors (Lipinski definition) is 1. The fourth-order valence-corrected chi connectivity index (χ4v) is 1.35. The van der Waals surface area contributed by atoms with Gasteiger partial charge in [-0.25, -0.2) is 4.79 Å². The van der Waals surface area contributed by atoms with Crippen LogP contribution in [0.15, 0.2) is 0 Å². The molecule has 96 valence electrons. The summed E-state index contributed by atoms with van der Waals surface area (Å²) >= 11 is 0. The van der Waals surface area contributed by atoms with Gasteiger partial charge in [0, 0.05) is 19.0 Å². The number of hydrogen-bond acceptors (Lipinski definition) is 3. The van der Waals surface area contributed by atoms with Gasteiger partial charge in [0.25, 0.3) is 0 Å². The normalized spacial score (nSPS) is 11.1. The molecule has 0 aliphatic rings. The van der Waals surface area contributed by atoms with Crippen molar-refractivity contribution in [3.63, 3.8) is 0 Å². The first-order chi connectivity index (χ1) is 7.86. The van der Waals surface area contributed by atoms with Gasteiger partial charge in [-0.1, -0.05) is 13.8 Å². The smallest absolute Gasteiger partial charge is 0.548 e. The predicted molar refractivity (Wildman–Crippen MR) is 62.9 cm³/mol. The average molecular weight is 246 g/mol. The number of carboxylic acids is 1. The van der Waals surface area contributed by atoms with Gasteiger partial charge in [0.2, 0.25) is 0 Å². The molecular weight excluding hydrogens is 227 g/mol. The van der Waals surface area contributed by atoms with Crippen LogP contribution in [0.1, 0.15) is 27.2 Å². The Morgan fingerprint density at radius 1 is 1.39 bits per heavy atom. The Morgan fingerprint density at radius 2 is 1.94 bits per heavy atom. The van der Waals surface area contributed by atoms with E-state index in [1.165, 1.54) is 4.90 Å². The van der Waals surface area contributed by atoms with Crippen LogP contribution in [-0.4, -0.2) is 36.0 Å². The molecule has 0 aromatic carbocycles. The van der Waals surface area contributed by atoms with Crippen LogP contribution in [0.3, 0.4) is 0 Å². The summed E-state index contributed by atoms with van der Waals surface area (Å²) in [4.78, 5) is 23.5. The number of carboxylic acid groups (broad SMARTS) is 1. The zero-order valence-electron chi connectivity index (χ0n) is 11.5. The number of nitrogens with one attached hydrogen (secondary N) is 1. The largest absolute Gasteiger partial charge is 1.00 e. The van der Waals surface area contributed by atoms with Gasteiger partial charge >= 0.3 is 24.9 Å². The zero-order chi connectivity index (χ0) is 13.4. The third-order valence-electron chi connectivity index (χ3n) is 1.99. The van der Waals surface area contributed by atoms with E-state index < -0.39 is 18.5 Å². The van der Waals surface area contributed by atoms with Crippen LogP contribution in [-0.2, 0) is 4.79 Å². The number of rotatable bonds is 6. The van der Waals surface area contributed by atoms with Crippen molar-refractivity contribution in [1.29, 1.82) is 0 Å². The number of urea groups is 1. The summed E-state index contributed by atoms with van der Waals surface area (Å²) < 4.78 is 0. The molecule has 0 aliphatic carbocycles. The van der Waals surface area contributed by atoms with E-state index >= 15 is 0 Å². The molecule has 0 heterocycles. The van der Waals surface area contributed by atoms with Gasteiger partial charge in [-0.05, 0) is 12.8 Å². The van der Waals surface area contributed by atoms with E-state index in [0.29, 0.717) is 13.0 Å². The summed E-state index contributed by atoms with van der Waals surface area (Å²) in [5.41, 5.74) is 0. The van der Waals surface area contributed by atoms with E-state index in [-0.39, 0.29) is 30.8 Å². The van der Waals surface area contributed by atoms with Crippen LogP contribution in [0.5, 0.6) is 0 Å². The van der Waals surface area contributed by atoms with Crippen LogP contribution in [0.4, 0.5) is 4.79 Å². The molecule has 18 heavy (non-hydrogen) atoms. The van der Waals surface area contributed by atoms with E-state index in [1.54, 1.807) is 6.92 Å². The van der Waals surface area contributed by atoms with Gasteiger partial charge < -0.3 is 20.1 Å². The van der Waals surface area contributed by atoms with E-state index in [0.717, 1.165) is 0 Å².